The van der Waals surface area contributed by atoms with Gasteiger partial charge in [-0.15, -0.1) is 10.2 Å². The molecule has 0 saturated carbocycles. The molecule has 2 aromatic carbocycles. The van der Waals surface area contributed by atoms with Gasteiger partial charge in [-0.3, -0.25) is 4.79 Å². The van der Waals surface area contributed by atoms with Crippen LogP contribution in [-0.4, -0.2) is 36.4 Å². The Bertz CT molecular complexity index is 1220. The van der Waals surface area contributed by atoms with Gasteiger partial charge < -0.3 is 9.68 Å². The highest BCUT2D eigenvalue weighted by atomic mass is 35.5. The second kappa shape index (κ2) is 7.08. The Morgan fingerprint density at radius 2 is 1.64 bits per heavy atom. The minimum atomic E-state index is -0.416. The lowest BCUT2D eigenvalue weighted by Crippen LogP contribution is -2.33. The fourth-order valence-corrected chi connectivity index (χ4v) is 2.89. The number of hydrogen-bond donors (Lipinski definition) is 0. The number of hydrogen-bond acceptors (Lipinski definition) is 7. The van der Waals surface area contributed by atoms with E-state index in [0.717, 1.165) is 10.4 Å². The van der Waals surface area contributed by atoms with Crippen molar-refractivity contribution < 1.29 is 9.68 Å². The molecule has 0 spiro atoms. The zero-order chi connectivity index (χ0) is 19.8. The van der Waals surface area contributed by atoms with Crippen LogP contribution in [-0.2, 0) is 0 Å². The molecule has 0 N–H and O–H groups in total. The van der Waals surface area contributed by atoms with Crippen LogP contribution in [0, 0.1) is 0 Å². The lowest BCUT2D eigenvalue weighted by molar-refractivity contribution is 0.0228. The molecule has 2 heterocycles. The Kier molecular flexibility index (Phi) is 4.60. The third-order valence-corrected chi connectivity index (χ3v) is 4.31. The summed E-state index contributed by atoms with van der Waals surface area (Å²) in [6, 6.07) is 10.5. The molecule has 9 nitrogen and oxygen atoms in total. The molecule has 10 heteroatoms. The first kappa shape index (κ1) is 18.2. The van der Waals surface area contributed by atoms with E-state index in [-0.39, 0.29) is 11.7 Å². The van der Waals surface area contributed by atoms with E-state index in [1.807, 2.05) is 13.0 Å². The van der Waals surface area contributed by atoms with Gasteiger partial charge in [-0.25, -0.2) is 0 Å². The van der Waals surface area contributed by atoms with Crippen molar-refractivity contribution in [3.63, 3.8) is 0 Å². The van der Waals surface area contributed by atoms with Gasteiger partial charge in [0.05, 0.1) is 5.39 Å². The topological polar surface area (TPSA) is 97.0 Å². The average Bonchev–Trinajstić information content (AvgIpc) is 3.05. The van der Waals surface area contributed by atoms with Gasteiger partial charge >= 0.3 is 5.56 Å². The summed E-state index contributed by atoms with van der Waals surface area (Å²) in [5.41, 5.74) is 2.17. The molecule has 0 aliphatic rings. The van der Waals surface area contributed by atoms with Gasteiger partial charge in [-0.1, -0.05) is 22.5 Å². The molecule has 0 amide bonds. The predicted molar refractivity (Wildman–Crippen MR) is 103 cm³/mol. The van der Waals surface area contributed by atoms with Crippen molar-refractivity contribution in [2.45, 2.75) is 33.0 Å². The molecule has 144 valence electrons. The lowest BCUT2D eigenvalue weighted by atomic mass is 10.1. The Hall–Kier alpha value is -3.20. The number of rotatable bonds is 5. The zero-order valence-corrected chi connectivity index (χ0v) is 16.2. The van der Waals surface area contributed by atoms with Crippen molar-refractivity contribution in [3.05, 3.63) is 57.3 Å². The van der Waals surface area contributed by atoms with E-state index in [2.05, 4.69) is 20.6 Å². The predicted octanol–water partition coefficient (Wildman–Crippen LogP) is 2.22. The van der Waals surface area contributed by atoms with Crippen LogP contribution in [0.4, 0.5) is 0 Å². The fraction of sp³-hybridized carbons (Fsp3) is 0.278. The standard InChI is InChI=1S/C18H17ClN6O3/c1-10(2)27-25-18(26)14-8-12(4-6-15(14)20-23-25)11(3)28-24-17-9-13(19)5-7-16(17)21-22-24/h4-11H,1-3H3. The molecule has 0 bridgehead atoms. The van der Waals surface area contributed by atoms with Gasteiger partial charge in [0.15, 0.2) is 0 Å². The third-order valence-electron chi connectivity index (χ3n) is 4.07. The van der Waals surface area contributed by atoms with Crippen molar-refractivity contribution in [1.82, 2.24) is 30.3 Å². The first-order valence-electron chi connectivity index (χ1n) is 8.67. The molecule has 4 rings (SSSR count). The number of fused-ring (bicyclic) bond motifs is 2. The van der Waals surface area contributed by atoms with E-state index in [0.29, 0.717) is 27.0 Å². The Morgan fingerprint density at radius 1 is 0.929 bits per heavy atom. The van der Waals surface area contributed by atoms with Crippen molar-refractivity contribution >= 4 is 33.5 Å². The molecule has 1 unspecified atom stereocenters. The lowest BCUT2D eigenvalue weighted by Gasteiger charge is -2.15. The number of nitrogens with zero attached hydrogens (tertiary/aromatic N) is 6. The summed E-state index contributed by atoms with van der Waals surface area (Å²) in [6.07, 6.45) is -0.623. The summed E-state index contributed by atoms with van der Waals surface area (Å²) in [5.74, 6) is 0. The quantitative estimate of drug-likeness (QED) is 0.506. The summed E-state index contributed by atoms with van der Waals surface area (Å²) in [5, 5.41) is 16.8. The molecule has 1 atom stereocenters. The second-order valence-corrected chi connectivity index (χ2v) is 6.98. The summed E-state index contributed by atoms with van der Waals surface area (Å²) < 4.78 is 0. The van der Waals surface area contributed by atoms with Crippen LogP contribution >= 0.6 is 11.6 Å². The molecule has 0 saturated heterocycles. The van der Waals surface area contributed by atoms with Crippen molar-refractivity contribution in [1.29, 1.82) is 0 Å². The summed E-state index contributed by atoms with van der Waals surface area (Å²) >= 11 is 6.05. The van der Waals surface area contributed by atoms with E-state index in [4.69, 9.17) is 21.3 Å². The van der Waals surface area contributed by atoms with E-state index < -0.39 is 6.10 Å². The summed E-state index contributed by atoms with van der Waals surface area (Å²) in [6.45, 7) is 5.45. The Labute approximate surface area is 164 Å². The van der Waals surface area contributed by atoms with Crippen LogP contribution in [0.25, 0.3) is 21.9 Å². The molecular weight excluding hydrogens is 384 g/mol. The fourth-order valence-electron chi connectivity index (χ4n) is 2.73. The van der Waals surface area contributed by atoms with E-state index in [1.54, 1.807) is 44.2 Å². The first-order chi connectivity index (χ1) is 13.4. The van der Waals surface area contributed by atoms with Gasteiger partial charge in [0.1, 0.15) is 28.8 Å². The summed E-state index contributed by atoms with van der Waals surface area (Å²) in [7, 11) is 0. The largest absolute Gasteiger partial charge is 0.390 e. The normalized spacial score (nSPS) is 12.6. The van der Waals surface area contributed by atoms with E-state index >= 15 is 0 Å². The van der Waals surface area contributed by atoms with E-state index in [1.165, 1.54) is 4.85 Å². The number of halogens is 1. The third kappa shape index (κ3) is 3.36. The maximum atomic E-state index is 12.6. The first-order valence-corrected chi connectivity index (χ1v) is 9.05. The van der Waals surface area contributed by atoms with Crippen LogP contribution in [0.2, 0.25) is 5.02 Å². The second-order valence-electron chi connectivity index (χ2n) is 6.54. The zero-order valence-electron chi connectivity index (χ0n) is 15.4. The van der Waals surface area contributed by atoms with Gasteiger partial charge in [0, 0.05) is 5.02 Å². The molecule has 2 aromatic heterocycles. The maximum absolute atomic E-state index is 12.6. The molecular formula is C18H17ClN6O3. The van der Waals surface area contributed by atoms with Gasteiger partial charge in [-0.2, -0.15) is 0 Å². The highest BCUT2D eigenvalue weighted by Crippen LogP contribution is 2.21. The highest BCUT2D eigenvalue weighted by molar-refractivity contribution is 6.31. The number of benzene rings is 2. The summed E-state index contributed by atoms with van der Waals surface area (Å²) in [4.78, 5) is 26.1. The minimum absolute atomic E-state index is 0.206. The Morgan fingerprint density at radius 3 is 2.43 bits per heavy atom. The van der Waals surface area contributed by atoms with Crippen LogP contribution in [0.15, 0.2) is 41.2 Å². The van der Waals surface area contributed by atoms with Crippen LogP contribution in [0.1, 0.15) is 32.4 Å². The van der Waals surface area contributed by atoms with Crippen LogP contribution < -0.4 is 15.2 Å². The van der Waals surface area contributed by atoms with Crippen molar-refractivity contribution in [2.24, 2.45) is 0 Å². The molecule has 0 aliphatic carbocycles. The SMILES string of the molecule is CC(C)On1nnc2ccc(C(C)On3nnc4ccc(Cl)cc43)cc2c1=O. The van der Waals surface area contributed by atoms with Crippen LogP contribution in [0.5, 0.6) is 0 Å². The minimum Gasteiger partial charge on any atom is -0.390 e. The van der Waals surface area contributed by atoms with Gasteiger partial charge in [0.25, 0.3) is 0 Å². The Balaban J connectivity index is 1.68. The molecule has 0 fully saturated rings. The van der Waals surface area contributed by atoms with Crippen molar-refractivity contribution in [3.8, 4) is 0 Å². The highest BCUT2D eigenvalue weighted by Gasteiger charge is 2.15. The van der Waals surface area contributed by atoms with Crippen molar-refractivity contribution in [2.75, 3.05) is 0 Å². The molecule has 28 heavy (non-hydrogen) atoms. The molecule has 0 radical (unpaired) electrons. The van der Waals surface area contributed by atoms with Crippen LogP contribution in [0.3, 0.4) is 0 Å². The van der Waals surface area contributed by atoms with Gasteiger partial charge in [-0.05, 0) is 71.9 Å². The average molecular weight is 401 g/mol. The maximum Gasteiger partial charge on any atom is 0.314 e. The van der Waals surface area contributed by atoms with Gasteiger partial charge in [0.2, 0.25) is 0 Å². The smallest absolute Gasteiger partial charge is 0.314 e. The molecule has 4 aromatic rings. The molecule has 0 aliphatic heterocycles. The van der Waals surface area contributed by atoms with E-state index in [9.17, 15) is 4.79 Å². The monoisotopic (exact) mass is 400 g/mol. The number of aromatic nitrogens is 6.